The average molecular weight is 336 g/mol. The molecular formula is C9H13IN4O2. The Morgan fingerprint density at radius 3 is 3.06 bits per heavy atom. The van der Waals surface area contributed by atoms with Crippen molar-refractivity contribution in [1.82, 2.24) is 4.90 Å². The van der Waals surface area contributed by atoms with Crippen LogP contribution < -0.4 is 5.73 Å². The zero-order chi connectivity index (χ0) is 11.7. The standard InChI is InChI=1S/C9H13IN4O2/c1-5-13-9(11)12-4-14(5)8-2-6(10)7(3-15)16-8/h4,6-8,15H,1-3H2,(H2,11,13)/t6?,7-,8?/m1/s1. The molecule has 1 saturated heterocycles. The molecule has 0 aliphatic carbocycles. The molecule has 16 heavy (non-hydrogen) atoms. The van der Waals surface area contributed by atoms with Crippen LogP contribution in [0.1, 0.15) is 6.42 Å². The van der Waals surface area contributed by atoms with Gasteiger partial charge in [-0.25, -0.2) is 4.99 Å². The number of halogens is 1. The predicted molar refractivity (Wildman–Crippen MR) is 69.3 cm³/mol. The molecule has 2 rings (SSSR count). The first-order valence-electron chi connectivity index (χ1n) is 4.88. The van der Waals surface area contributed by atoms with Gasteiger partial charge in [0.25, 0.3) is 0 Å². The molecule has 0 bridgehead atoms. The second-order valence-electron chi connectivity index (χ2n) is 3.60. The number of aliphatic imine (C=N–C) groups is 2. The van der Waals surface area contributed by atoms with E-state index < -0.39 is 0 Å². The van der Waals surface area contributed by atoms with E-state index in [0.29, 0.717) is 5.82 Å². The molecule has 2 aliphatic heterocycles. The van der Waals surface area contributed by atoms with Crippen LogP contribution in [0.3, 0.4) is 0 Å². The maximum absolute atomic E-state index is 9.11. The Morgan fingerprint density at radius 1 is 1.75 bits per heavy atom. The molecule has 2 unspecified atom stereocenters. The molecule has 3 atom stereocenters. The number of aliphatic hydroxyl groups is 1. The zero-order valence-corrected chi connectivity index (χ0v) is 10.7. The van der Waals surface area contributed by atoms with Crippen molar-refractivity contribution in [2.24, 2.45) is 15.7 Å². The summed E-state index contributed by atoms with van der Waals surface area (Å²) in [6.07, 6.45) is 2.05. The van der Waals surface area contributed by atoms with Crippen molar-refractivity contribution in [2.45, 2.75) is 22.7 Å². The van der Waals surface area contributed by atoms with Crippen LogP contribution in [0.2, 0.25) is 0 Å². The Hall–Kier alpha value is -0.670. The summed E-state index contributed by atoms with van der Waals surface area (Å²) < 4.78 is 5.95. The maximum Gasteiger partial charge on any atom is 0.223 e. The highest BCUT2D eigenvalue weighted by Gasteiger charge is 2.37. The Kier molecular flexibility index (Phi) is 3.45. The van der Waals surface area contributed by atoms with Crippen molar-refractivity contribution in [3.63, 3.8) is 0 Å². The van der Waals surface area contributed by atoms with Gasteiger partial charge in [-0.15, -0.1) is 0 Å². The number of rotatable bonds is 2. The summed E-state index contributed by atoms with van der Waals surface area (Å²) in [5, 5.41) is 9.11. The van der Waals surface area contributed by atoms with E-state index >= 15 is 0 Å². The van der Waals surface area contributed by atoms with Crippen LogP contribution in [0.15, 0.2) is 22.4 Å². The lowest BCUT2D eigenvalue weighted by Gasteiger charge is -2.27. The van der Waals surface area contributed by atoms with Crippen LogP contribution in [-0.4, -0.2) is 45.2 Å². The van der Waals surface area contributed by atoms with E-state index in [0.717, 1.165) is 6.42 Å². The Morgan fingerprint density at radius 2 is 2.50 bits per heavy atom. The van der Waals surface area contributed by atoms with E-state index in [-0.39, 0.29) is 28.8 Å². The first-order chi connectivity index (χ1) is 7.61. The minimum atomic E-state index is -0.174. The Labute approximate surface area is 107 Å². The fraction of sp³-hybridized carbons (Fsp3) is 0.556. The molecule has 1 fully saturated rings. The highest BCUT2D eigenvalue weighted by Crippen LogP contribution is 2.30. The van der Waals surface area contributed by atoms with Crippen molar-refractivity contribution in [3.8, 4) is 0 Å². The first kappa shape index (κ1) is 11.8. The third kappa shape index (κ3) is 2.20. The van der Waals surface area contributed by atoms with Crippen LogP contribution in [0.4, 0.5) is 0 Å². The number of guanidine groups is 1. The predicted octanol–water partition coefficient (Wildman–Crippen LogP) is 0.0271. The molecule has 0 amide bonds. The summed E-state index contributed by atoms with van der Waals surface area (Å²) in [5.74, 6) is 0.712. The number of hydrogen-bond donors (Lipinski definition) is 2. The third-order valence-electron chi connectivity index (χ3n) is 2.51. The summed E-state index contributed by atoms with van der Waals surface area (Å²) in [6, 6.07) is 0. The second kappa shape index (κ2) is 4.68. The molecular weight excluding hydrogens is 323 g/mol. The van der Waals surface area contributed by atoms with Gasteiger partial charge in [0, 0.05) is 10.3 Å². The van der Waals surface area contributed by atoms with E-state index in [9.17, 15) is 0 Å². The quantitative estimate of drug-likeness (QED) is 0.550. The molecule has 3 N–H and O–H groups in total. The third-order valence-corrected chi connectivity index (χ3v) is 3.82. The monoisotopic (exact) mass is 336 g/mol. The van der Waals surface area contributed by atoms with Gasteiger partial charge in [-0.2, -0.15) is 4.99 Å². The van der Waals surface area contributed by atoms with Gasteiger partial charge in [-0.1, -0.05) is 29.2 Å². The maximum atomic E-state index is 9.11. The van der Waals surface area contributed by atoms with Crippen LogP contribution in [0, 0.1) is 0 Å². The van der Waals surface area contributed by atoms with Gasteiger partial charge in [-0.05, 0) is 0 Å². The minimum Gasteiger partial charge on any atom is -0.394 e. The lowest BCUT2D eigenvalue weighted by Crippen LogP contribution is -2.36. The van der Waals surface area contributed by atoms with Gasteiger partial charge in [0.2, 0.25) is 5.96 Å². The SMILES string of the molecule is C=C1N=C(N)N=CN1C1CC(I)[C@@H](CO)O1. The number of hydrogen-bond acceptors (Lipinski definition) is 6. The summed E-state index contributed by atoms with van der Waals surface area (Å²) in [4.78, 5) is 9.61. The topological polar surface area (TPSA) is 83.4 Å². The van der Waals surface area contributed by atoms with Gasteiger partial charge in [0.15, 0.2) is 0 Å². The van der Waals surface area contributed by atoms with Crippen molar-refractivity contribution in [3.05, 3.63) is 12.4 Å². The van der Waals surface area contributed by atoms with Gasteiger partial charge >= 0.3 is 0 Å². The van der Waals surface area contributed by atoms with Crippen LogP contribution in [-0.2, 0) is 4.74 Å². The molecule has 2 heterocycles. The highest BCUT2D eigenvalue weighted by atomic mass is 127. The summed E-state index contributed by atoms with van der Waals surface area (Å²) in [5.41, 5.74) is 5.45. The normalized spacial score (nSPS) is 34.4. The molecule has 0 saturated carbocycles. The number of nitrogens with two attached hydrogens (primary N) is 1. The number of aliphatic hydroxyl groups excluding tert-OH is 1. The first-order valence-corrected chi connectivity index (χ1v) is 6.12. The smallest absolute Gasteiger partial charge is 0.223 e. The van der Waals surface area contributed by atoms with E-state index in [4.69, 9.17) is 15.6 Å². The zero-order valence-electron chi connectivity index (χ0n) is 8.58. The molecule has 7 heteroatoms. The Balaban J connectivity index is 2.06. The fourth-order valence-electron chi connectivity index (χ4n) is 1.67. The Bertz CT molecular complexity index is 357. The lowest BCUT2D eigenvalue weighted by molar-refractivity contribution is -0.0299. The van der Waals surface area contributed by atoms with E-state index in [1.165, 1.54) is 0 Å². The molecule has 2 aliphatic rings. The minimum absolute atomic E-state index is 0.0208. The number of ether oxygens (including phenoxy) is 1. The van der Waals surface area contributed by atoms with Gasteiger partial charge in [-0.3, -0.25) is 4.90 Å². The van der Waals surface area contributed by atoms with Gasteiger partial charge in [0.05, 0.1) is 12.7 Å². The van der Waals surface area contributed by atoms with Crippen molar-refractivity contribution >= 4 is 34.9 Å². The fourth-order valence-corrected chi connectivity index (χ4v) is 2.50. The second-order valence-corrected chi connectivity index (χ2v) is 5.20. The average Bonchev–Trinajstić information content (AvgIpc) is 2.59. The number of nitrogens with zero attached hydrogens (tertiary/aromatic N) is 3. The molecule has 0 aromatic rings. The van der Waals surface area contributed by atoms with Crippen molar-refractivity contribution < 1.29 is 9.84 Å². The highest BCUT2D eigenvalue weighted by molar-refractivity contribution is 14.1. The molecule has 0 spiro atoms. The van der Waals surface area contributed by atoms with Gasteiger partial charge in [0.1, 0.15) is 18.4 Å². The largest absolute Gasteiger partial charge is 0.394 e. The lowest BCUT2D eigenvalue weighted by atomic mass is 10.2. The van der Waals surface area contributed by atoms with E-state index in [1.807, 2.05) is 0 Å². The van der Waals surface area contributed by atoms with Crippen LogP contribution >= 0.6 is 22.6 Å². The van der Waals surface area contributed by atoms with Crippen LogP contribution in [0.5, 0.6) is 0 Å². The molecule has 6 nitrogen and oxygen atoms in total. The van der Waals surface area contributed by atoms with Gasteiger partial charge < -0.3 is 15.6 Å². The number of alkyl halides is 1. The van der Waals surface area contributed by atoms with E-state index in [1.54, 1.807) is 11.2 Å². The van der Waals surface area contributed by atoms with Crippen LogP contribution in [0.25, 0.3) is 0 Å². The van der Waals surface area contributed by atoms with Crippen molar-refractivity contribution in [2.75, 3.05) is 6.61 Å². The van der Waals surface area contributed by atoms with E-state index in [2.05, 4.69) is 39.2 Å². The molecule has 88 valence electrons. The molecule has 0 radical (unpaired) electrons. The van der Waals surface area contributed by atoms with Crippen molar-refractivity contribution in [1.29, 1.82) is 0 Å². The summed E-state index contributed by atoms with van der Waals surface area (Å²) in [7, 11) is 0. The molecule has 0 aromatic heterocycles. The summed E-state index contributed by atoms with van der Waals surface area (Å²) in [6.45, 7) is 3.81. The summed E-state index contributed by atoms with van der Waals surface area (Å²) >= 11 is 2.27. The molecule has 0 aromatic carbocycles.